The van der Waals surface area contributed by atoms with Crippen LogP contribution in [0.3, 0.4) is 0 Å². The van der Waals surface area contributed by atoms with Gasteiger partial charge in [0.25, 0.3) is 0 Å². The Balaban J connectivity index is 1.13. The average Bonchev–Trinajstić information content (AvgIpc) is 4.13. The van der Waals surface area contributed by atoms with Gasteiger partial charge in [0.1, 0.15) is 45.4 Å². The van der Waals surface area contributed by atoms with Crippen LogP contribution in [0, 0.1) is 6.92 Å². The van der Waals surface area contributed by atoms with Gasteiger partial charge in [0.2, 0.25) is 0 Å². The summed E-state index contributed by atoms with van der Waals surface area (Å²) >= 11 is 0. The largest absolute Gasteiger partial charge is 0.455 e. The third-order valence-corrected chi connectivity index (χ3v) is 11.6. The lowest BCUT2D eigenvalue weighted by atomic mass is 9.97. The van der Waals surface area contributed by atoms with Crippen molar-refractivity contribution in [1.29, 1.82) is 0 Å². The van der Waals surface area contributed by atoms with Gasteiger partial charge in [-0.15, -0.1) is 0 Å². The second kappa shape index (κ2) is 13.5. The Morgan fingerprint density at radius 1 is 0.300 bits per heavy atom. The van der Waals surface area contributed by atoms with E-state index in [-0.39, 0.29) is 0 Å². The zero-order chi connectivity index (χ0) is 39.7. The summed E-state index contributed by atoms with van der Waals surface area (Å²) in [5, 5.41) is 5.49. The first-order chi connectivity index (χ1) is 29.6. The molecule has 0 saturated carbocycles. The highest BCUT2D eigenvalue weighted by Gasteiger charge is 2.27. The zero-order valence-electron chi connectivity index (χ0n) is 32.6. The summed E-state index contributed by atoms with van der Waals surface area (Å²) in [6.07, 6.45) is 0. The second-order valence-electron chi connectivity index (χ2n) is 15.3. The fraction of sp³-hybridized carbons (Fsp3) is 0.0182. The molecule has 0 radical (unpaired) electrons. The fourth-order valence-corrected chi connectivity index (χ4v) is 8.65. The average molecular weight is 774 g/mol. The Kier molecular flexibility index (Phi) is 7.69. The number of rotatable bonds is 7. The maximum atomic E-state index is 7.08. The standard InChI is InChI=1S/C55H35NO4/c1-34-22-24-37(25-23-34)48-32-44-52-43(31-46(57-52)35-14-6-2-7-15-35)51-50(54(44)59-48)42-30-47(36-16-8-3-9-17-36)58-53(42)45-33-49(60-55(45)51)38-26-28-41(29-27-38)56(39-18-10-4-11-19-39)40-20-12-5-13-21-40/h2-33H,1H3. The molecule has 8 aromatic carbocycles. The van der Waals surface area contributed by atoms with E-state index in [1.807, 2.05) is 48.5 Å². The molecule has 4 heterocycles. The number of fused-ring (bicyclic) bond motifs is 11. The molecule has 0 unspecified atom stereocenters. The Hall–Kier alpha value is -8.02. The maximum Gasteiger partial charge on any atom is 0.147 e. The lowest BCUT2D eigenvalue weighted by Gasteiger charge is -2.25. The van der Waals surface area contributed by atoms with E-state index in [1.54, 1.807) is 0 Å². The molecule has 5 heteroatoms. The molecule has 4 aromatic heterocycles. The molecule has 284 valence electrons. The van der Waals surface area contributed by atoms with Gasteiger partial charge < -0.3 is 22.6 Å². The highest BCUT2D eigenvalue weighted by molar-refractivity contribution is 6.37. The summed E-state index contributed by atoms with van der Waals surface area (Å²) in [6.45, 7) is 2.09. The Morgan fingerprint density at radius 2 is 0.617 bits per heavy atom. The topological polar surface area (TPSA) is 55.8 Å². The van der Waals surface area contributed by atoms with E-state index in [2.05, 4.69) is 157 Å². The summed E-state index contributed by atoms with van der Waals surface area (Å²) in [4.78, 5) is 2.26. The Labute approximate surface area is 344 Å². The van der Waals surface area contributed by atoms with E-state index in [4.69, 9.17) is 17.7 Å². The van der Waals surface area contributed by atoms with Gasteiger partial charge in [-0.05, 0) is 79.7 Å². The number of hydrogen-bond acceptors (Lipinski definition) is 5. The summed E-state index contributed by atoms with van der Waals surface area (Å²) < 4.78 is 27.8. The van der Waals surface area contributed by atoms with E-state index in [0.29, 0.717) is 5.58 Å². The predicted molar refractivity (Wildman–Crippen MR) is 244 cm³/mol. The molecular weight excluding hydrogens is 739 g/mol. The number of benzene rings is 8. The van der Waals surface area contributed by atoms with Gasteiger partial charge >= 0.3 is 0 Å². The Morgan fingerprint density at radius 3 is 1.03 bits per heavy atom. The molecule has 0 atom stereocenters. The SMILES string of the molecule is Cc1ccc(-c2cc3c4oc(-c5ccccc5)cc4c4c5oc(-c6ccc(N(c7ccccc7)c7ccccc7)cc6)cc5c5oc(-c6ccccc6)cc5c4c3o2)cc1. The van der Waals surface area contributed by atoms with Crippen molar-refractivity contribution >= 4 is 71.7 Å². The summed E-state index contributed by atoms with van der Waals surface area (Å²) in [5.74, 6) is 3.03. The molecule has 0 fully saturated rings. The van der Waals surface area contributed by atoms with Crippen LogP contribution in [-0.2, 0) is 0 Å². The van der Waals surface area contributed by atoms with Gasteiger partial charge in [0.15, 0.2) is 0 Å². The van der Waals surface area contributed by atoms with Crippen molar-refractivity contribution < 1.29 is 17.7 Å². The summed E-state index contributed by atoms with van der Waals surface area (Å²) in [7, 11) is 0. The molecule has 60 heavy (non-hydrogen) atoms. The monoisotopic (exact) mass is 773 g/mol. The van der Waals surface area contributed by atoms with Gasteiger partial charge in [-0.1, -0.05) is 127 Å². The third kappa shape index (κ3) is 5.48. The number of furan rings is 4. The first kappa shape index (κ1) is 34.1. The van der Waals surface area contributed by atoms with Crippen LogP contribution in [0.1, 0.15) is 5.56 Å². The van der Waals surface area contributed by atoms with E-state index in [9.17, 15) is 0 Å². The smallest absolute Gasteiger partial charge is 0.147 e. The van der Waals surface area contributed by atoms with Crippen LogP contribution in [0.5, 0.6) is 0 Å². The van der Waals surface area contributed by atoms with E-state index in [1.165, 1.54) is 5.56 Å². The molecule has 0 spiro atoms. The molecule has 0 saturated heterocycles. The minimum atomic E-state index is 0.710. The van der Waals surface area contributed by atoms with Crippen molar-refractivity contribution in [2.45, 2.75) is 6.92 Å². The van der Waals surface area contributed by atoms with Crippen LogP contribution >= 0.6 is 0 Å². The van der Waals surface area contributed by atoms with Crippen LogP contribution < -0.4 is 4.90 Å². The molecule has 0 bridgehead atoms. The predicted octanol–water partition coefficient (Wildman–Crippen LogP) is 16.3. The quantitative estimate of drug-likeness (QED) is 0.161. The minimum Gasteiger partial charge on any atom is -0.455 e. The normalized spacial score (nSPS) is 11.8. The molecular formula is C55H35NO4. The first-order valence-corrected chi connectivity index (χ1v) is 20.1. The van der Waals surface area contributed by atoms with Crippen LogP contribution in [0.2, 0.25) is 0 Å². The lowest BCUT2D eigenvalue weighted by molar-refractivity contribution is 0.626. The van der Waals surface area contributed by atoms with E-state index >= 15 is 0 Å². The van der Waals surface area contributed by atoms with E-state index < -0.39 is 0 Å². The van der Waals surface area contributed by atoms with Crippen molar-refractivity contribution in [1.82, 2.24) is 0 Å². The van der Waals surface area contributed by atoms with Crippen LogP contribution in [0.25, 0.3) is 99.9 Å². The molecule has 0 aliphatic heterocycles. The van der Waals surface area contributed by atoms with Crippen molar-refractivity contribution in [3.63, 3.8) is 0 Å². The third-order valence-electron chi connectivity index (χ3n) is 11.6. The Bertz CT molecular complexity index is 3460. The zero-order valence-corrected chi connectivity index (χ0v) is 32.6. The maximum absolute atomic E-state index is 7.08. The fourth-order valence-electron chi connectivity index (χ4n) is 8.65. The molecule has 12 aromatic rings. The van der Waals surface area contributed by atoms with Gasteiger partial charge in [-0.2, -0.15) is 0 Å². The number of nitrogens with zero attached hydrogens (tertiary/aromatic N) is 1. The minimum absolute atomic E-state index is 0.710. The molecule has 0 amide bonds. The van der Waals surface area contributed by atoms with Crippen molar-refractivity contribution in [3.8, 4) is 45.3 Å². The van der Waals surface area contributed by atoms with Crippen LogP contribution in [0.15, 0.2) is 212 Å². The molecule has 5 nitrogen and oxygen atoms in total. The molecule has 12 rings (SSSR count). The molecule has 0 aliphatic carbocycles. The van der Waals surface area contributed by atoms with Gasteiger partial charge in [-0.25, -0.2) is 0 Å². The second-order valence-corrected chi connectivity index (χ2v) is 15.3. The summed E-state index contributed by atoms with van der Waals surface area (Å²) in [6, 6.07) is 66.8. The number of hydrogen-bond donors (Lipinski definition) is 0. The number of aryl methyl sites for hydroxylation is 1. The van der Waals surface area contributed by atoms with Crippen molar-refractivity contribution in [3.05, 3.63) is 200 Å². The van der Waals surface area contributed by atoms with Crippen molar-refractivity contribution in [2.24, 2.45) is 0 Å². The van der Waals surface area contributed by atoms with Gasteiger partial charge in [-0.3, -0.25) is 0 Å². The molecule has 0 N–H and O–H groups in total. The van der Waals surface area contributed by atoms with E-state index in [0.717, 1.165) is 111 Å². The highest BCUT2D eigenvalue weighted by atomic mass is 16.4. The van der Waals surface area contributed by atoms with Crippen LogP contribution in [0.4, 0.5) is 17.1 Å². The van der Waals surface area contributed by atoms with Gasteiger partial charge in [0.05, 0.1) is 10.8 Å². The number of para-hydroxylation sites is 2. The lowest BCUT2D eigenvalue weighted by Crippen LogP contribution is -2.09. The summed E-state index contributed by atoms with van der Waals surface area (Å²) in [5.41, 5.74) is 11.2. The first-order valence-electron chi connectivity index (χ1n) is 20.1. The van der Waals surface area contributed by atoms with Crippen LogP contribution in [-0.4, -0.2) is 0 Å². The van der Waals surface area contributed by atoms with Gasteiger partial charge in [0, 0.05) is 60.9 Å². The highest BCUT2D eigenvalue weighted by Crippen LogP contribution is 2.50. The number of anilines is 3. The molecule has 0 aliphatic rings. The van der Waals surface area contributed by atoms with Crippen molar-refractivity contribution in [2.75, 3.05) is 4.90 Å².